The zero-order chi connectivity index (χ0) is 14.1. The molecule has 1 N–H and O–H groups in total. The lowest BCUT2D eigenvalue weighted by Crippen LogP contribution is -2.09. The Morgan fingerprint density at radius 2 is 1.68 bits per heavy atom. The molecule has 3 nitrogen and oxygen atoms in total. The van der Waals surface area contributed by atoms with Crippen molar-refractivity contribution in [2.75, 3.05) is 6.61 Å². The topological polar surface area (TPSA) is 46.5 Å². The van der Waals surface area contributed by atoms with Gasteiger partial charge in [-0.05, 0) is 30.7 Å². The first-order chi connectivity index (χ1) is 9.09. The van der Waals surface area contributed by atoms with Crippen molar-refractivity contribution in [3.8, 4) is 5.75 Å². The summed E-state index contributed by atoms with van der Waals surface area (Å²) in [6.45, 7) is 1.59. The smallest absolute Gasteiger partial charge is 0.341 e. The number of benzene rings is 2. The van der Waals surface area contributed by atoms with Crippen molar-refractivity contribution in [3.05, 3.63) is 65.2 Å². The second-order valence-electron chi connectivity index (χ2n) is 3.74. The van der Waals surface area contributed by atoms with Crippen LogP contribution in [0.5, 0.6) is 5.75 Å². The number of carboxylic acids is 1. The molecule has 4 heteroatoms. The molecule has 0 radical (unpaired) electrons. The van der Waals surface area contributed by atoms with Crippen molar-refractivity contribution < 1.29 is 14.6 Å². The van der Waals surface area contributed by atoms with Crippen LogP contribution in [0.4, 0.5) is 0 Å². The average molecular weight is 279 g/mol. The number of rotatable bonds is 3. The Morgan fingerprint density at radius 3 is 2.16 bits per heavy atom. The van der Waals surface area contributed by atoms with Gasteiger partial charge in [-0.25, -0.2) is 4.79 Å². The molecule has 2 aromatic carbocycles. The van der Waals surface area contributed by atoms with Crippen molar-refractivity contribution in [2.24, 2.45) is 0 Å². The Morgan fingerprint density at radius 1 is 1.11 bits per heavy atom. The van der Waals surface area contributed by atoms with Crippen molar-refractivity contribution in [1.29, 1.82) is 0 Å². The average Bonchev–Trinajstić information content (AvgIpc) is 2.39. The van der Waals surface area contributed by atoms with Gasteiger partial charge >= 0.3 is 5.97 Å². The second kappa shape index (κ2) is 8.16. The number of carbonyl (C=O) groups is 1. The number of para-hydroxylation sites is 1. The van der Waals surface area contributed by atoms with Crippen LogP contribution in [0, 0.1) is 6.92 Å². The Labute approximate surface area is 117 Å². The van der Waals surface area contributed by atoms with Crippen LogP contribution in [0.2, 0.25) is 5.02 Å². The highest BCUT2D eigenvalue weighted by Crippen LogP contribution is 2.15. The molecule has 0 saturated heterocycles. The summed E-state index contributed by atoms with van der Waals surface area (Å²) in [6, 6.07) is 16.8. The number of halogens is 1. The molecule has 0 unspecified atom stereocenters. The molecule has 0 aromatic heterocycles. The van der Waals surface area contributed by atoms with Gasteiger partial charge in [0.2, 0.25) is 0 Å². The lowest BCUT2D eigenvalue weighted by molar-refractivity contribution is -0.139. The molecule has 0 fully saturated rings. The molecule has 0 aliphatic rings. The molecule has 0 aliphatic carbocycles. The largest absolute Gasteiger partial charge is 0.482 e. The minimum atomic E-state index is -0.960. The van der Waals surface area contributed by atoms with Crippen LogP contribution in [-0.2, 0) is 4.79 Å². The van der Waals surface area contributed by atoms with E-state index in [4.69, 9.17) is 21.4 Å². The van der Waals surface area contributed by atoms with E-state index in [0.717, 1.165) is 10.6 Å². The van der Waals surface area contributed by atoms with E-state index in [1.807, 2.05) is 55.5 Å². The van der Waals surface area contributed by atoms with Gasteiger partial charge in [0.05, 0.1) is 0 Å². The number of aliphatic carboxylic acids is 1. The number of carboxylic acid groups (broad SMARTS) is 1. The maximum Gasteiger partial charge on any atom is 0.341 e. The summed E-state index contributed by atoms with van der Waals surface area (Å²) in [7, 11) is 0. The quantitative estimate of drug-likeness (QED) is 0.929. The van der Waals surface area contributed by atoms with E-state index in [2.05, 4.69) is 0 Å². The van der Waals surface area contributed by atoms with Gasteiger partial charge in [0.15, 0.2) is 6.61 Å². The molecule has 2 aromatic rings. The number of hydrogen-bond donors (Lipinski definition) is 1. The lowest BCUT2D eigenvalue weighted by Gasteiger charge is -2.04. The van der Waals surface area contributed by atoms with Crippen LogP contribution in [0.3, 0.4) is 0 Å². The summed E-state index contributed by atoms with van der Waals surface area (Å²) in [6.07, 6.45) is 0. The molecular formula is C15H15ClO3. The third-order valence-electron chi connectivity index (χ3n) is 2.18. The number of hydrogen-bond acceptors (Lipinski definition) is 2. The van der Waals surface area contributed by atoms with E-state index in [-0.39, 0.29) is 6.61 Å². The van der Waals surface area contributed by atoms with E-state index in [1.54, 1.807) is 6.07 Å². The van der Waals surface area contributed by atoms with Crippen molar-refractivity contribution in [2.45, 2.75) is 6.92 Å². The molecule has 19 heavy (non-hydrogen) atoms. The zero-order valence-electron chi connectivity index (χ0n) is 10.5. The van der Waals surface area contributed by atoms with Crippen molar-refractivity contribution in [3.63, 3.8) is 0 Å². The third kappa shape index (κ3) is 6.48. The fraction of sp³-hybridized carbons (Fsp3) is 0.133. The van der Waals surface area contributed by atoms with Gasteiger partial charge in [0, 0.05) is 5.02 Å². The highest BCUT2D eigenvalue weighted by Gasteiger charge is 2.00. The molecule has 0 spiro atoms. The Balaban J connectivity index is 0.000000218. The van der Waals surface area contributed by atoms with Crippen LogP contribution in [-0.4, -0.2) is 17.7 Å². The number of aryl methyl sites for hydroxylation is 1. The van der Waals surface area contributed by atoms with E-state index < -0.39 is 5.97 Å². The molecular weight excluding hydrogens is 264 g/mol. The SMILES string of the molecule is Cc1ccccc1OCC(=O)O.Clc1ccccc1. The number of ether oxygens (including phenoxy) is 1. The van der Waals surface area contributed by atoms with Gasteiger partial charge in [-0.3, -0.25) is 0 Å². The van der Waals surface area contributed by atoms with Gasteiger partial charge in [-0.1, -0.05) is 48.0 Å². The highest BCUT2D eigenvalue weighted by atomic mass is 35.5. The van der Waals surface area contributed by atoms with Crippen LogP contribution < -0.4 is 4.74 Å². The highest BCUT2D eigenvalue weighted by molar-refractivity contribution is 6.30. The Hall–Kier alpha value is -2.00. The summed E-state index contributed by atoms with van der Waals surface area (Å²) in [5, 5.41) is 9.13. The first-order valence-corrected chi connectivity index (χ1v) is 6.08. The summed E-state index contributed by atoms with van der Waals surface area (Å²) in [5.41, 5.74) is 0.943. The molecule has 100 valence electrons. The van der Waals surface area contributed by atoms with Gasteiger partial charge in [0.25, 0.3) is 0 Å². The van der Waals surface area contributed by atoms with E-state index in [0.29, 0.717) is 5.75 Å². The predicted molar refractivity (Wildman–Crippen MR) is 75.8 cm³/mol. The fourth-order valence-corrected chi connectivity index (χ4v) is 1.42. The molecule has 2 rings (SSSR count). The molecule has 0 atom stereocenters. The summed E-state index contributed by atoms with van der Waals surface area (Å²) in [5.74, 6) is -0.335. The lowest BCUT2D eigenvalue weighted by atomic mass is 10.2. The van der Waals surface area contributed by atoms with Gasteiger partial charge in [-0.2, -0.15) is 0 Å². The first kappa shape index (κ1) is 15.1. The maximum atomic E-state index is 10.2. The van der Waals surface area contributed by atoms with Gasteiger partial charge in [-0.15, -0.1) is 0 Å². The predicted octanol–water partition coefficient (Wildman–Crippen LogP) is 3.80. The Bertz CT molecular complexity index is 512. The fourth-order valence-electron chi connectivity index (χ4n) is 1.27. The second-order valence-corrected chi connectivity index (χ2v) is 4.18. The maximum absolute atomic E-state index is 10.2. The zero-order valence-corrected chi connectivity index (χ0v) is 11.3. The van der Waals surface area contributed by atoms with E-state index in [1.165, 1.54) is 0 Å². The van der Waals surface area contributed by atoms with Gasteiger partial charge < -0.3 is 9.84 Å². The third-order valence-corrected chi connectivity index (χ3v) is 2.43. The monoisotopic (exact) mass is 278 g/mol. The standard InChI is InChI=1S/C9H10O3.C6H5Cl/c1-7-4-2-3-5-8(7)12-6-9(10)11;7-6-4-2-1-3-5-6/h2-5H,6H2,1H3,(H,10,11);1-5H. The van der Waals surface area contributed by atoms with E-state index >= 15 is 0 Å². The molecule has 0 aliphatic heterocycles. The molecule has 0 amide bonds. The molecule has 0 bridgehead atoms. The minimum absolute atomic E-state index is 0.287. The summed E-state index contributed by atoms with van der Waals surface area (Å²) in [4.78, 5) is 10.2. The molecule has 0 saturated carbocycles. The van der Waals surface area contributed by atoms with Crippen LogP contribution in [0.25, 0.3) is 0 Å². The van der Waals surface area contributed by atoms with Crippen molar-refractivity contribution >= 4 is 17.6 Å². The normalized spacial score (nSPS) is 9.16. The minimum Gasteiger partial charge on any atom is -0.482 e. The van der Waals surface area contributed by atoms with Crippen LogP contribution >= 0.6 is 11.6 Å². The first-order valence-electron chi connectivity index (χ1n) is 5.70. The summed E-state index contributed by atoms with van der Waals surface area (Å²) < 4.78 is 5.00. The summed E-state index contributed by atoms with van der Waals surface area (Å²) >= 11 is 5.54. The van der Waals surface area contributed by atoms with Crippen molar-refractivity contribution in [1.82, 2.24) is 0 Å². The van der Waals surface area contributed by atoms with E-state index in [9.17, 15) is 4.79 Å². The van der Waals surface area contributed by atoms with Crippen LogP contribution in [0.1, 0.15) is 5.56 Å². The van der Waals surface area contributed by atoms with Gasteiger partial charge in [0.1, 0.15) is 5.75 Å². The molecule has 0 heterocycles. The Kier molecular flexibility index (Phi) is 6.47. The van der Waals surface area contributed by atoms with Crippen LogP contribution in [0.15, 0.2) is 54.6 Å².